The summed E-state index contributed by atoms with van der Waals surface area (Å²) in [6, 6.07) is 12.4. The van der Waals surface area contributed by atoms with Crippen molar-refractivity contribution in [2.24, 2.45) is 0 Å². The number of fused-ring (bicyclic) bond motifs is 1. The number of carbonyl (C=O) groups excluding carboxylic acids is 1. The number of aliphatic hydroxyl groups is 1. The maximum atomic E-state index is 11.7. The molecule has 2 aromatic heterocycles. The summed E-state index contributed by atoms with van der Waals surface area (Å²) in [7, 11) is 0. The number of thioether (sulfide) groups is 1. The van der Waals surface area contributed by atoms with Crippen molar-refractivity contribution in [2.45, 2.75) is 49.5 Å². The second-order valence-corrected chi connectivity index (χ2v) is 9.88. The fourth-order valence-corrected chi connectivity index (χ4v) is 5.15. The minimum Gasteiger partial charge on any atom is -0.390 e. The van der Waals surface area contributed by atoms with E-state index in [0.29, 0.717) is 6.42 Å². The summed E-state index contributed by atoms with van der Waals surface area (Å²) in [5.41, 5.74) is 3.77. The number of aromatic nitrogens is 3. The Kier molecular flexibility index (Phi) is 5.10. The maximum Gasteiger partial charge on any atom is 0.198 e. The van der Waals surface area contributed by atoms with Gasteiger partial charge in [-0.15, -0.1) is 0 Å². The van der Waals surface area contributed by atoms with Crippen LogP contribution in [0.3, 0.4) is 0 Å². The number of anilines is 1. The van der Waals surface area contributed by atoms with Crippen molar-refractivity contribution < 1.29 is 9.90 Å². The molecule has 4 heterocycles. The molecule has 6 nitrogen and oxygen atoms in total. The van der Waals surface area contributed by atoms with Crippen molar-refractivity contribution in [1.82, 2.24) is 14.8 Å². The number of piperidine rings is 1. The molecule has 1 atom stereocenters. The Balaban J connectivity index is 1.30. The molecule has 0 saturated carbocycles. The quantitative estimate of drug-likeness (QED) is 0.671. The predicted octanol–water partition coefficient (Wildman–Crippen LogP) is 3.95. The summed E-state index contributed by atoms with van der Waals surface area (Å²) in [5.74, 6) is 0.907. The lowest BCUT2D eigenvalue weighted by molar-refractivity contribution is -0.110. The average molecular weight is 435 g/mol. The second kappa shape index (κ2) is 7.80. The number of nitrogens with zero attached hydrogens (tertiary/aromatic N) is 4. The van der Waals surface area contributed by atoms with Crippen LogP contribution >= 0.6 is 11.8 Å². The first-order chi connectivity index (χ1) is 14.9. The van der Waals surface area contributed by atoms with Crippen LogP contribution in [-0.4, -0.2) is 43.7 Å². The molecule has 1 saturated heterocycles. The van der Waals surface area contributed by atoms with Crippen LogP contribution in [0, 0.1) is 0 Å². The van der Waals surface area contributed by atoms with Gasteiger partial charge < -0.3 is 10.0 Å². The van der Waals surface area contributed by atoms with Gasteiger partial charge in [0.2, 0.25) is 0 Å². The van der Waals surface area contributed by atoms with E-state index >= 15 is 0 Å². The summed E-state index contributed by atoms with van der Waals surface area (Å²) < 4.78 is 1.81. The molecule has 0 amide bonds. The highest BCUT2D eigenvalue weighted by atomic mass is 32.2. The van der Waals surface area contributed by atoms with Gasteiger partial charge in [0.25, 0.3) is 0 Å². The SMILES string of the molecule is CC(c1ccc2c(c1)SC(=O)C2)c1ccn(-c2ccc(N3CCC(C)(O)CC3)cn2)n1. The maximum absolute atomic E-state index is 11.7. The molecule has 31 heavy (non-hydrogen) atoms. The van der Waals surface area contributed by atoms with E-state index in [0.717, 1.165) is 59.2 Å². The van der Waals surface area contributed by atoms with E-state index in [1.165, 1.54) is 11.8 Å². The highest BCUT2D eigenvalue weighted by Gasteiger charge is 2.27. The summed E-state index contributed by atoms with van der Waals surface area (Å²) in [4.78, 5) is 19.6. The third-order valence-corrected chi connectivity index (χ3v) is 7.35. The Morgan fingerprint density at radius 1 is 1.16 bits per heavy atom. The molecular weight excluding hydrogens is 408 g/mol. The third kappa shape index (κ3) is 4.12. The van der Waals surface area contributed by atoms with Crippen molar-refractivity contribution in [1.29, 1.82) is 0 Å². The lowest BCUT2D eigenvalue weighted by Crippen LogP contribution is -2.42. The summed E-state index contributed by atoms with van der Waals surface area (Å²) in [6.07, 6.45) is 5.89. The van der Waals surface area contributed by atoms with Gasteiger partial charge in [-0.05, 0) is 55.2 Å². The largest absolute Gasteiger partial charge is 0.390 e. The van der Waals surface area contributed by atoms with E-state index in [-0.39, 0.29) is 11.0 Å². The molecule has 0 aliphatic carbocycles. The Bertz CT molecular complexity index is 1110. The van der Waals surface area contributed by atoms with Crippen LogP contribution in [0.2, 0.25) is 0 Å². The zero-order valence-corrected chi connectivity index (χ0v) is 18.6. The summed E-state index contributed by atoms with van der Waals surface area (Å²) in [6.45, 7) is 5.71. The molecular formula is C24H26N4O2S. The van der Waals surface area contributed by atoms with Crippen molar-refractivity contribution in [3.05, 3.63) is 65.6 Å². The third-order valence-electron chi connectivity index (χ3n) is 6.38. The van der Waals surface area contributed by atoms with E-state index in [1.54, 1.807) is 0 Å². The smallest absolute Gasteiger partial charge is 0.198 e. The van der Waals surface area contributed by atoms with Gasteiger partial charge in [0.1, 0.15) is 0 Å². The molecule has 0 radical (unpaired) electrons. The minimum absolute atomic E-state index is 0.128. The van der Waals surface area contributed by atoms with Crippen LogP contribution < -0.4 is 4.90 Å². The number of carbonyl (C=O) groups is 1. The van der Waals surface area contributed by atoms with Crippen molar-refractivity contribution in [2.75, 3.05) is 18.0 Å². The van der Waals surface area contributed by atoms with Gasteiger partial charge in [0.05, 0.1) is 23.2 Å². The van der Waals surface area contributed by atoms with Gasteiger partial charge in [-0.3, -0.25) is 4.79 Å². The average Bonchev–Trinajstić information content (AvgIpc) is 3.39. The Labute approximate surface area is 186 Å². The van der Waals surface area contributed by atoms with Gasteiger partial charge in [-0.25, -0.2) is 9.67 Å². The van der Waals surface area contributed by atoms with E-state index in [4.69, 9.17) is 5.10 Å². The van der Waals surface area contributed by atoms with Crippen LogP contribution in [0.1, 0.15) is 49.4 Å². The molecule has 1 fully saturated rings. The van der Waals surface area contributed by atoms with Crippen LogP contribution in [0.25, 0.3) is 5.82 Å². The topological polar surface area (TPSA) is 71.2 Å². The van der Waals surface area contributed by atoms with Crippen LogP contribution in [0.5, 0.6) is 0 Å². The molecule has 3 aromatic rings. The molecule has 2 aliphatic heterocycles. The van der Waals surface area contributed by atoms with Gasteiger partial charge >= 0.3 is 0 Å². The predicted molar refractivity (Wildman–Crippen MR) is 122 cm³/mol. The standard InChI is InChI=1S/C24H26N4O2S/c1-16(17-3-4-18-14-23(29)31-21(18)13-17)20-7-10-28(26-20)22-6-5-19(15-25-22)27-11-8-24(2,30)9-12-27/h3-7,10,13,15-16,30H,8-9,11-12,14H2,1-2H3. The zero-order valence-electron chi connectivity index (χ0n) is 17.8. The minimum atomic E-state index is -0.556. The molecule has 1 aromatic carbocycles. The Morgan fingerprint density at radius 2 is 1.97 bits per heavy atom. The fraction of sp³-hybridized carbons (Fsp3) is 0.375. The number of rotatable bonds is 4. The number of pyridine rings is 1. The van der Waals surface area contributed by atoms with E-state index in [9.17, 15) is 9.90 Å². The van der Waals surface area contributed by atoms with Crippen molar-refractivity contribution in [3.63, 3.8) is 0 Å². The number of benzene rings is 1. The van der Waals surface area contributed by atoms with Gasteiger partial charge in [0, 0.05) is 36.5 Å². The van der Waals surface area contributed by atoms with E-state index in [2.05, 4.69) is 41.1 Å². The van der Waals surface area contributed by atoms with Gasteiger partial charge in [-0.1, -0.05) is 30.8 Å². The lowest BCUT2D eigenvalue weighted by Gasteiger charge is -2.36. The summed E-state index contributed by atoms with van der Waals surface area (Å²) >= 11 is 1.34. The van der Waals surface area contributed by atoms with Crippen molar-refractivity contribution >= 4 is 22.6 Å². The first-order valence-corrected chi connectivity index (χ1v) is 11.5. The molecule has 1 N–H and O–H groups in total. The van der Waals surface area contributed by atoms with Crippen LogP contribution in [0.4, 0.5) is 5.69 Å². The van der Waals surface area contributed by atoms with Crippen molar-refractivity contribution in [3.8, 4) is 5.82 Å². The van der Waals surface area contributed by atoms with E-state index in [1.807, 2.05) is 36.1 Å². The highest BCUT2D eigenvalue weighted by Crippen LogP contribution is 2.36. The Morgan fingerprint density at radius 3 is 2.71 bits per heavy atom. The first kappa shape index (κ1) is 20.3. The molecule has 2 aliphatic rings. The highest BCUT2D eigenvalue weighted by molar-refractivity contribution is 8.14. The summed E-state index contributed by atoms with van der Waals surface area (Å²) in [5, 5.41) is 15.1. The van der Waals surface area contributed by atoms with Gasteiger partial charge in [0.15, 0.2) is 10.9 Å². The van der Waals surface area contributed by atoms with Crippen LogP contribution in [0.15, 0.2) is 53.7 Å². The number of hydrogen-bond acceptors (Lipinski definition) is 6. The van der Waals surface area contributed by atoms with E-state index < -0.39 is 5.60 Å². The second-order valence-electron chi connectivity index (χ2n) is 8.78. The van der Waals surface area contributed by atoms with Crippen LogP contribution in [-0.2, 0) is 11.2 Å². The Hall–Kier alpha value is -2.64. The number of hydrogen-bond donors (Lipinski definition) is 1. The fourth-order valence-electron chi connectivity index (χ4n) is 4.21. The molecule has 1 unspecified atom stereocenters. The molecule has 0 bridgehead atoms. The van der Waals surface area contributed by atoms with Gasteiger partial charge in [-0.2, -0.15) is 5.10 Å². The monoisotopic (exact) mass is 434 g/mol. The molecule has 160 valence electrons. The molecule has 5 rings (SSSR count). The first-order valence-electron chi connectivity index (χ1n) is 10.7. The normalized spacial score (nSPS) is 18.8. The molecule has 7 heteroatoms. The molecule has 0 spiro atoms. The zero-order chi connectivity index (χ0) is 21.6. The lowest BCUT2D eigenvalue weighted by atomic mass is 9.94.